The number of aliphatic imine (C=N–C) groups is 1. The van der Waals surface area contributed by atoms with Crippen LogP contribution in [0.3, 0.4) is 0 Å². The number of fused-ring (bicyclic) bond motifs is 2. The molecule has 2 atom stereocenters. The summed E-state index contributed by atoms with van der Waals surface area (Å²) in [7, 11) is 1.79. The molecule has 3 N–H and O–H groups in total. The fourth-order valence-electron chi connectivity index (χ4n) is 8.46. The number of aromatic nitrogens is 2. The van der Waals surface area contributed by atoms with E-state index >= 15 is 0 Å². The van der Waals surface area contributed by atoms with E-state index < -0.39 is 11.3 Å². The van der Waals surface area contributed by atoms with Crippen molar-refractivity contribution in [1.82, 2.24) is 24.9 Å². The van der Waals surface area contributed by atoms with E-state index in [1.54, 1.807) is 42.1 Å². The third-order valence-electron chi connectivity index (χ3n) is 11.6. The number of hydrogen-bond donors (Lipinski definition) is 3. The van der Waals surface area contributed by atoms with Gasteiger partial charge in [0.05, 0.1) is 29.6 Å². The maximum absolute atomic E-state index is 13.2. The van der Waals surface area contributed by atoms with Crippen LogP contribution in [0.25, 0.3) is 10.9 Å². The van der Waals surface area contributed by atoms with Gasteiger partial charge in [0.1, 0.15) is 28.5 Å². The number of nitrogens with zero attached hydrogens (tertiary/aromatic N) is 5. The largest absolute Gasteiger partial charge is 0.508 e. The number of hydrogen-bond acceptors (Lipinski definition) is 10. The average molecular weight is 785 g/mol. The van der Waals surface area contributed by atoms with E-state index in [0.717, 1.165) is 71.7 Å². The first-order valence-electron chi connectivity index (χ1n) is 19.9. The van der Waals surface area contributed by atoms with Gasteiger partial charge < -0.3 is 24.6 Å². The average Bonchev–Trinajstić information content (AvgIpc) is 3.70. The van der Waals surface area contributed by atoms with Gasteiger partial charge in [-0.05, 0) is 117 Å². The highest BCUT2D eigenvalue weighted by molar-refractivity contribution is 6.13. The number of imide groups is 1. The lowest BCUT2D eigenvalue weighted by molar-refractivity contribution is -0.135. The van der Waals surface area contributed by atoms with Crippen LogP contribution in [-0.4, -0.2) is 99.2 Å². The Bertz CT molecular complexity index is 2370. The van der Waals surface area contributed by atoms with Crippen LogP contribution in [0.1, 0.15) is 60.9 Å². The van der Waals surface area contributed by atoms with Crippen molar-refractivity contribution in [2.45, 2.75) is 50.4 Å². The van der Waals surface area contributed by atoms with Gasteiger partial charge >= 0.3 is 0 Å². The number of para-hydroxylation sites is 1. The Morgan fingerprint density at radius 1 is 0.914 bits per heavy atom. The number of phenolic OH excluding ortho intramolecular Hbond substituents is 2. The number of aromatic hydroxyl groups is 2. The molecule has 3 aliphatic rings. The van der Waals surface area contributed by atoms with Crippen LogP contribution in [0.4, 0.5) is 5.69 Å². The zero-order chi connectivity index (χ0) is 40.4. The third-order valence-corrected chi connectivity index (χ3v) is 11.6. The van der Waals surface area contributed by atoms with Crippen LogP contribution >= 0.6 is 0 Å². The second kappa shape index (κ2) is 16.3. The van der Waals surface area contributed by atoms with Crippen molar-refractivity contribution >= 4 is 40.0 Å². The van der Waals surface area contributed by atoms with Crippen LogP contribution < -0.4 is 14.8 Å². The maximum atomic E-state index is 13.2. The highest BCUT2D eigenvalue weighted by Crippen LogP contribution is 2.46. The highest BCUT2D eigenvalue weighted by atomic mass is 16.5. The number of nitrogens with one attached hydrogen (secondary N) is 1. The van der Waals surface area contributed by atoms with Gasteiger partial charge in [-0.2, -0.15) is 5.10 Å². The maximum Gasteiger partial charge on any atom is 0.260 e. The number of piperidine rings is 1. The summed E-state index contributed by atoms with van der Waals surface area (Å²) in [5, 5.41) is 28.0. The van der Waals surface area contributed by atoms with Crippen LogP contribution in [0.2, 0.25) is 0 Å². The molecule has 3 amide bonds. The Balaban J connectivity index is 0.771. The second-order valence-electron chi connectivity index (χ2n) is 15.6. The first-order chi connectivity index (χ1) is 28.1. The molecule has 2 fully saturated rings. The number of rotatable bonds is 13. The summed E-state index contributed by atoms with van der Waals surface area (Å²) in [4.78, 5) is 46.6. The predicted octanol–water partition coefficient (Wildman–Crippen LogP) is 5.52. The van der Waals surface area contributed by atoms with Crippen molar-refractivity contribution in [3.63, 3.8) is 0 Å². The minimum atomic E-state index is -0.515. The molecule has 0 spiro atoms. The molecule has 0 radical (unpaired) electrons. The van der Waals surface area contributed by atoms with Gasteiger partial charge in [-0.15, -0.1) is 0 Å². The van der Waals surface area contributed by atoms with Crippen molar-refractivity contribution < 1.29 is 34.1 Å². The normalized spacial score (nSPS) is 19.5. The molecule has 0 saturated carbocycles. The standard InChI is InChI=1S/C45H48N6O7/c1-45(36-26-32(53)14-18-37(36)46-43(45)30-10-12-31(52)13-11-30)27-29-8-15-33(16-9-29)57-25-4-3-20-50-21-23-51(24-22-50)40(55)28-58-38-7-5-6-34-41(48-49(2)42(34)38)35-17-19-39(54)47-44(35)56/h5-16,18,26,35,52-53H,3-4,17,19-25,27-28H2,1-2H3,(H,47,54,56). The van der Waals surface area contributed by atoms with Crippen molar-refractivity contribution in [2.24, 2.45) is 12.0 Å². The van der Waals surface area contributed by atoms with Gasteiger partial charge in [-0.1, -0.05) is 24.3 Å². The van der Waals surface area contributed by atoms with Gasteiger partial charge in [-0.25, -0.2) is 0 Å². The second-order valence-corrected chi connectivity index (χ2v) is 15.6. The molecule has 300 valence electrons. The van der Waals surface area contributed by atoms with Crippen LogP contribution in [0, 0.1) is 0 Å². The molecule has 58 heavy (non-hydrogen) atoms. The highest BCUT2D eigenvalue weighted by Gasteiger charge is 2.40. The number of amides is 3. The number of phenols is 2. The quantitative estimate of drug-likeness (QED) is 0.103. The molecular weight excluding hydrogens is 737 g/mol. The van der Waals surface area contributed by atoms with Gasteiger partial charge in [-0.3, -0.25) is 34.3 Å². The molecule has 13 heteroatoms. The van der Waals surface area contributed by atoms with E-state index in [4.69, 9.17) is 14.5 Å². The topological polar surface area (TPSA) is 159 Å². The number of benzene rings is 4. The molecule has 8 rings (SSSR count). The fraction of sp³-hybridized carbons (Fsp3) is 0.356. The van der Waals surface area contributed by atoms with Crippen molar-refractivity contribution in [3.05, 3.63) is 107 Å². The van der Waals surface area contributed by atoms with Crippen molar-refractivity contribution in [1.29, 1.82) is 0 Å². The number of piperazine rings is 1. The van der Waals surface area contributed by atoms with E-state index in [9.17, 15) is 24.6 Å². The Kier molecular flexibility index (Phi) is 10.9. The van der Waals surface area contributed by atoms with Gasteiger partial charge in [0.15, 0.2) is 6.61 Å². The number of ether oxygens (including phenoxy) is 2. The zero-order valence-electron chi connectivity index (χ0n) is 32.8. The van der Waals surface area contributed by atoms with Gasteiger partial charge in [0.25, 0.3) is 5.91 Å². The van der Waals surface area contributed by atoms with Crippen LogP contribution in [-0.2, 0) is 33.3 Å². The van der Waals surface area contributed by atoms with E-state index in [2.05, 4.69) is 34.4 Å². The lowest BCUT2D eigenvalue weighted by atomic mass is 9.73. The molecule has 13 nitrogen and oxygen atoms in total. The van der Waals surface area contributed by atoms with E-state index in [0.29, 0.717) is 49.5 Å². The Morgan fingerprint density at radius 3 is 2.43 bits per heavy atom. The van der Waals surface area contributed by atoms with Crippen molar-refractivity contribution in [2.75, 3.05) is 45.9 Å². The first kappa shape index (κ1) is 38.7. The number of carbonyl (C=O) groups is 3. The summed E-state index contributed by atoms with van der Waals surface area (Å²) >= 11 is 0. The van der Waals surface area contributed by atoms with Crippen LogP contribution in [0.5, 0.6) is 23.0 Å². The van der Waals surface area contributed by atoms with E-state index in [1.807, 2.05) is 47.4 Å². The molecule has 5 aromatic rings. The number of carbonyl (C=O) groups excluding carboxylic acids is 3. The SMILES string of the molecule is Cn1nc(C2CCC(=O)NC2=O)c2cccc(OCC(=O)N3CCN(CCCCOc4ccc(CC5(C)C(c6ccc(O)cc6)=Nc6ccc(O)cc65)cc4)CC3)c21. The van der Waals surface area contributed by atoms with Crippen molar-refractivity contribution in [3.8, 4) is 23.0 Å². The summed E-state index contributed by atoms with van der Waals surface area (Å²) in [6, 6.07) is 26.1. The molecule has 4 heterocycles. The molecule has 4 aromatic carbocycles. The molecule has 2 saturated heterocycles. The van der Waals surface area contributed by atoms with Crippen LogP contribution in [0.15, 0.2) is 89.9 Å². The fourth-order valence-corrected chi connectivity index (χ4v) is 8.46. The molecule has 3 aliphatic heterocycles. The molecular formula is C45H48N6O7. The lowest BCUT2D eigenvalue weighted by Gasteiger charge is -2.34. The predicted molar refractivity (Wildman–Crippen MR) is 219 cm³/mol. The first-order valence-corrected chi connectivity index (χ1v) is 19.9. The molecule has 1 aromatic heterocycles. The monoisotopic (exact) mass is 784 g/mol. The zero-order valence-corrected chi connectivity index (χ0v) is 32.8. The van der Waals surface area contributed by atoms with E-state index in [1.165, 1.54) is 0 Å². The number of aryl methyl sites for hydroxylation is 1. The third kappa shape index (κ3) is 7.99. The Labute approximate surface area is 336 Å². The lowest BCUT2D eigenvalue weighted by Crippen LogP contribution is -2.50. The summed E-state index contributed by atoms with van der Waals surface area (Å²) in [5.74, 6) is 0.550. The summed E-state index contributed by atoms with van der Waals surface area (Å²) in [5.41, 5.74) is 5.58. The molecule has 0 aliphatic carbocycles. The summed E-state index contributed by atoms with van der Waals surface area (Å²) in [6.07, 6.45) is 3.24. The van der Waals surface area contributed by atoms with E-state index in [-0.39, 0.29) is 42.2 Å². The summed E-state index contributed by atoms with van der Waals surface area (Å²) < 4.78 is 13.8. The Hall–Kier alpha value is -6.21. The minimum absolute atomic E-state index is 0.0731. The number of unbranched alkanes of at least 4 members (excludes halogenated alkanes) is 1. The van der Waals surface area contributed by atoms with Gasteiger partial charge in [0.2, 0.25) is 11.8 Å². The molecule has 2 unspecified atom stereocenters. The smallest absolute Gasteiger partial charge is 0.260 e. The Morgan fingerprint density at radius 2 is 1.67 bits per heavy atom. The minimum Gasteiger partial charge on any atom is -0.508 e. The van der Waals surface area contributed by atoms with Gasteiger partial charge in [0, 0.05) is 50.4 Å². The molecule has 0 bridgehead atoms. The summed E-state index contributed by atoms with van der Waals surface area (Å²) in [6.45, 7) is 6.45.